The van der Waals surface area contributed by atoms with Gasteiger partial charge in [-0.05, 0) is 25.0 Å². The summed E-state index contributed by atoms with van der Waals surface area (Å²) in [4.78, 5) is 15.3. The van der Waals surface area contributed by atoms with Crippen molar-refractivity contribution in [1.82, 2.24) is 9.71 Å². The average Bonchev–Trinajstić information content (AvgIpc) is 2.58. The SMILES string of the molecule is O=C(O)[C@@H]1CCCC[C@@H]1NS(=O)(=O)c1ccc2c(Cl)cnc(Cl)c2c1. The van der Waals surface area contributed by atoms with E-state index in [9.17, 15) is 18.3 Å². The summed E-state index contributed by atoms with van der Waals surface area (Å²) in [6.07, 6.45) is 3.94. The number of nitrogens with zero attached hydrogens (tertiary/aromatic N) is 1. The van der Waals surface area contributed by atoms with Gasteiger partial charge >= 0.3 is 5.97 Å². The smallest absolute Gasteiger partial charge is 0.308 e. The number of hydrogen-bond acceptors (Lipinski definition) is 4. The van der Waals surface area contributed by atoms with Crippen molar-refractivity contribution in [2.45, 2.75) is 36.6 Å². The number of carbonyl (C=O) groups is 1. The van der Waals surface area contributed by atoms with Gasteiger partial charge in [-0.1, -0.05) is 42.1 Å². The van der Waals surface area contributed by atoms with Crippen LogP contribution in [0.3, 0.4) is 0 Å². The normalized spacial score (nSPS) is 21.4. The summed E-state index contributed by atoms with van der Waals surface area (Å²) in [5.41, 5.74) is 0. The molecule has 6 nitrogen and oxygen atoms in total. The van der Waals surface area contributed by atoms with E-state index in [0.717, 1.165) is 12.8 Å². The van der Waals surface area contributed by atoms with Gasteiger partial charge in [-0.2, -0.15) is 0 Å². The van der Waals surface area contributed by atoms with Gasteiger partial charge in [0, 0.05) is 23.0 Å². The molecule has 0 amide bonds. The second kappa shape index (κ2) is 7.07. The number of nitrogens with one attached hydrogen (secondary N) is 1. The van der Waals surface area contributed by atoms with Crippen LogP contribution in [0.1, 0.15) is 25.7 Å². The standard InChI is InChI=1S/C16H16Cl2N2O4S/c17-13-8-19-15(18)12-7-9(5-6-10(12)13)25(23,24)20-14-4-2-1-3-11(14)16(21)22/h5-8,11,14,20H,1-4H2,(H,21,22)/t11-,14+/m1/s1. The third-order valence-corrected chi connectivity index (χ3v) is 6.55. The molecule has 1 aliphatic rings. The highest BCUT2D eigenvalue weighted by atomic mass is 35.5. The molecular formula is C16H16Cl2N2O4S. The van der Waals surface area contributed by atoms with E-state index in [1.807, 2.05) is 0 Å². The molecule has 0 unspecified atom stereocenters. The number of halogens is 2. The number of rotatable bonds is 4. The number of carboxylic acid groups (broad SMARTS) is 1. The van der Waals surface area contributed by atoms with Crippen molar-refractivity contribution in [3.63, 3.8) is 0 Å². The van der Waals surface area contributed by atoms with Crippen LogP contribution >= 0.6 is 23.2 Å². The molecule has 25 heavy (non-hydrogen) atoms. The van der Waals surface area contributed by atoms with Gasteiger partial charge in [0.05, 0.1) is 15.8 Å². The maximum absolute atomic E-state index is 12.7. The first kappa shape index (κ1) is 18.4. The molecule has 1 saturated carbocycles. The number of carboxylic acids is 1. The quantitative estimate of drug-likeness (QED) is 0.763. The van der Waals surface area contributed by atoms with Crippen LogP contribution < -0.4 is 4.72 Å². The summed E-state index contributed by atoms with van der Waals surface area (Å²) in [5, 5.41) is 10.9. The molecule has 3 rings (SSSR count). The van der Waals surface area contributed by atoms with Gasteiger partial charge in [-0.3, -0.25) is 4.79 Å². The fourth-order valence-electron chi connectivity index (χ4n) is 3.16. The van der Waals surface area contributed by atoms with Crippen LogP contribution in [-0.2, 0) is 14.8 Å². The molecule has 1 fully saturated rings. The molecular weight excluding hydrogens is 387 g/mol. The van der Waals surface area contributed by atoms with E-state index in [1.165, 1.54) is 18.3 Å². The second-order valence-electron chi connectivity index (χ2n) is 6.06. The Balaban J connectivity index is 1.95. The van der Waals surface area contributed by atoms with E-state index >= 15 is 0 Å². The predicted molar refractivity (Wildman–Crippen MR) is 95.5 cm³/mol. The Bertz CT molecular complexity index is 933. The molecule has 0 bridgehead atoms. The summed E-state index contributed by atoms with van der Waals surface area (Å²) >= 11 is 12.1. The fourth-order valence-corrected chi connectivity index (χ4v) is 4.91. The van der Waals surface area contributed by atoms with E-state index in [2.05, 4.69) is 9.71 Å². The van der Waals surface area contributed by atoms with Crippen LogP contribution in [0.25, 0.3) is 10.8 Å². The number of aromatic nitrogens is 1. The van der Waals surface area contributed by atoms with Gasteiger partial charge in [-0.25, -0.2) is 18.1 Å². The van der Waals surface area contributed by atoms with Gasteiger partial charge < -0.3 is 5.11 Å². The number of sulfonamides is 1. The number of pyridine rings is 1. The number of benzene rings is 1. The van der Waals surface area contributed by atoms with E-state index in [1.54, 1.807) is 6.07 Å². The fraction of sp³-hybridized carbons (Fsp3) is 0.375. The van der Waals surface area contributed by atoms with Crippen molar-refractivity contribution < 1.29 is 18.3 Å². The molecule has 2 N–H and O–H groups in total. The lowest BCUT2D eigenvalue weighted by Gasteiger charge is -2.29. The zero-order chi connectivity index (χ0) is 18.2. The minimum Gasteiger partial charge on any atom is -0.481 e. The predicted octanol–water partition coefficient (Wildman–Crippen LogP) is 3.46. The van der Waals surface area contributed by atoms with Crippen LogP contribution in [0.2, 0.25) is 10.2 Å². The Labute approximate surface area is 155 Å². The van der Waals surface area contributed by atoms with Crippen LogP contribution in [0.15, 0.2) is 29.3 Å². The average molecular weight is 403 g/mol. The highest BCUT2D eigenvalue weighted by molar-refractivity contribution is 7.89. The Morgan fingerprint density at radius 2 is 1.92 bits per heavy atom. The highest BCUT2D eigenvalue weighted by Crippen LogP contribution is 2.31. The number of hydrogen-bond donors (Lipinski definition) is 2. The molecule has 0 radical (unpaired) electrons. The molecule has 2 atom stereocenters. The minimum absolute atomic E-state index is 0.000629. The zero-order valence-corrected chi connectivity index (χ0v) is 15.4. The van der Waals surface area contributed by atoms with Crippen LogP contribution in [0.4, 0.5) is 0 Å². The molecule has 0 saturated heterocycles. The Morgan fingerprint density at radius 3 is 2.64 bits per heavy atom. The molecule has 0 aliphatic heterocycles. The summed E-state index contributed by atoms with van der Waals surface area (Å²) in [6, 6.07) is 3.76. The van der Waals surface area contributed by atoms with E-state index in [0.29, 0.717) is 28.6 Å². The Kier molecular flexibility index (Phi) is 5.20. The van der Waals surface area contributed by atoms with Crippen molar-refractivity contribution in [1.29, 1.82) is 0 Å². The number of fused-ring (bicyclic) bond motifs is 1. The van der Waals surface area contributed by atoms with E-state index < -0.39 is 28.0 Å². The summed E-state index contributed by atoms with van der Waals surface area (Å²) in [7, 11) is -3.89. The first-order valence-electron chi connectivity index (χ1n) is 7.78. The van der Waals surface area contributed by atoms with Crippen LogP contribution in [0.5, 0.6) is 0 Å². The van der Waals surface area contributed by atoms with Crippen molar-refractivity contribution in [2.24, 2.45) is 5.92 Å². The maximum atomic E-state index is 12.7. The van der Waals surface area contributed by atoms with E-state index in [-0.39, 0.29) is 10.0 Å². The lowest BCUT2D eigenvalue weighted by molar-refractivity contribution is -0.143. The molecule has 0 spiro atoms. The van der Waals surface area contributed by atoms with Gasteiger partial charge in [0.2, 0.25) is 10.0 Å². The molecule has 1 aromatic heterocycles. The van der Waals surface area contributed by atoms with Crippen LogP contribution in [0, 0.1) is 5.92 Å². The van der Waals surface area contributed by atoms with Crippen molar-refractivity contribution >= 4 is 50.0 Å². The summed E-state index contributed by atoms with van der Waals surface area (Å²) in [6.45, 7) is 0. The summed E-state index contributed by atoms with van der Waals surface area (Å²) < 4.78 is 28.0. The molecule has 9 heteroatoms. The maximum Gasteiger partial charge on any atom is 0.308 e. The molecule has 2 aromatic rings. The lowest BCUT2D eigenvalue weighted by Crippen LogP contribution is -2.44. The third kappa shape index (κ3) is 3.74. The molecule has 1 aliphatic carbocycles. The Morgan fingerprint density at radius 1 is 1.20 bits per heavy atom. The van der Waals surface area contributed by atoms with Crippen molar-refractivity contribution in [3.05, 3.63) is 34.6 Å². The minimum atomic E-state index is -3.89. The van der Waals surface area contributed by atoms with E-state index in [4.69, 9.17) is 23.2 Å². The number of aliphatic carboxylic acids is 1. The first-order chi connectivity index (χ1) is 11.8. The lowest BCUT2D eigenvalue weighted by atomic mass is 9.85. The highest BCUT2D eigenvalue weighted by Gasteiger charge is 2.34. The van der Waals surface area contributed by atoms with Gasteiger partial charge in [0.15, 0.2) is 0 Å². The first-order valence-corrected chi connectivity index (χ1v) is 10.0. The molecule has 1 heterocycles. The topological polar surface area (TPSA) is 96.4 Å². The van der Waals surface area contributed by atoms with Gasteiger partial charge in [0.1, 0.15) is 5.15 Å². The van der Waals surface area contributed by atoms with Gasteiger partial charge in [0.25, 0.3) is 0 Å². The van der Waals surface area contributed by atoms with Crippen LogP contribution in [-0.4, -0.2) is 30.5 Å². The largest absolute Gasteiger partial charge is 0.481 e. The summed E-state index contributed by atoms with van der Waals surface area (Å²) in [5.74, 6) is -1.70. The zero-order valence-electron chi connectivity index (χ0n) is 13.1. The van der Waals surface area contributed by atoms with Gasteiger partial charge in [-0.15, -0.1) is 0 Å². The third-order valence-electron chi connectivity index (χ3n) is 4.46. The Hall–Kier alpha value is -1.41. The molecule has 134 valence electrons. The molecule has 1 aromatic carbocycles. The monoisotopic (exact) mass is 402 g/mol. The van der Waals surface area contributed by atoms with Crippen molar-refractivity contribution in [3.8, 4) is 0 Å². The second-order valence-corrected chi connectivity index (χ2v) is 8.54. The van der Waals surface area contributed by atoms with Crippen molar-refractivity contribution in [2.75, 3.05) is 0 Å².